The third-order valence-corrected chi connectivity index (χ3v) is 5.76. The Labute approximate surface area is 213 Å². The second-order valence-electron chi connectivity index (χ2n) is 8.05. The topological polar surface area (TPSA) is 97.0 Å². The molecule has 0 aliphatic carbocycles. The quantitative estimate of drug-likeness (QED) is 0.0839. The number of carbonyl (C=O) groups is 2. The number of ketones is 1. The predicted octanol–water partition coefficient (Wildman–Crippen LogP) is 7.02. The van der Waals surface area contributed by atoms with E-state index in [1.165, 1.54) is 30.5 Å². The van der Waals surface area contributed by atoms with Crippen LogP contribution >= 0.6 is 11.6 Å². The van der Waals surface area contributed by atoms with Gasteiger partial charge in [-0.25, -0.2) is 0 Å². The lowest BCUT2D eigenvalue weighted by Crippen LogP contribution is -2.08. The minimum Gasteiger partial charge on any atom is -0.507 e. The molecule has 0 amide bonds. The summed E-state index contributed by atoms with van der Waals surface area (Å²) in [7, 11) is 0. The van der Waals surface area contributed by atoms with Crippen LogP contribution in [0.25, 0.3) is 16.9 Å². The van der Waals surface area contributed by atoms with E-state index in [1.54, 1.807) is 6.07 Å². The monoisotopic (exact) mass is 502 g/mol. The number of halogens is 1. The van der Waals surface area contributed by atoms with Crippen LogP contribution in [0.4, 0.5) is 0 Å². The van der Waals surface area contributed by atoms with Gasteiger partial charge >= 0.3 is 5.97 Å². The number of ether oxygens (including phenoxy) is 1. The van der Waals surface area contributed by atoms with Crippen LogP contribution in [0.5, 0.6) is 11.5 Å². The number of hydrogen-bond acceptors (Lipinski definition) is 6. The van der Waals surface area contributed by atoms with Crippen molar-refractivity contribution in [2.45, 2.75) is 19.3 Å². The number of aliphatic hydroxyl groups is 1. The Bertz CT molecular complexity index is 1370. The standard InChI is InChI=1S/C29H23ClO6/c30-22-15-13-21(14-16-22)20-11-9-19(10-12-20)4-1-8-28(33)36-27-6-2-5-23(29(27)34)24(31)18-25(32)26-7-3-17-35-26/h2-3,5-7,9-18,31,34H,1,4,8H2. The molecular weight excluding hydrogens is 480 g/mol. The number of esters is 1. The van der Waals surface area contributed by atoms with Gasteiger partial charge in [-0.15, -0.1) is 0 Å². The first-order valence-electron chi connectivity index (χ1n) is 11.3. The molecule has 1 heterocycles. The van der Waals surface area contributed by atoms with Crippen molar-refractivity contribution < 1.29 is 29.0 Å². The molecule has 0 unspecified atom stereocenters. The maximum absolute atomic E-state index is 12.3. The summed E-state index contributed by atoms with van der Waals surface area (Å²) in [5.74, 6) is -2.06. The maximum Gasteiger partial charge on any atom is 0.311 e. The van der Waals surface area contributed by atoms with Gasteiger partial charge in [-0.3, -0.25) is 9.59 Å². The number of aryl methyl sites for hydroxylation is 1. The Hall–Kier alpha value is -4.29. The largest absolute Gasteiger partial charge is 0.507 e. The van der Waals surface area contributed by atoms with Crippen molar-refractivity contribution in [1.29, 1.82) is 0 Å². The molecule has 4 rings (SSSR count). The van der Waals surface area contributed by atoms with Gasteiger partial charge in [-0.1, -0.05) is 54.1 Å². The van der Waals surface area contributed by atoms with E-state index in [2.05, 4.69) is 0 Å². The average Bonchev–Trinajstić information content (AvgIpc) is 3.42. The summed E-state index contributed by atoms with van der Waals surface area (Å²) in [6.45, 7) is 0. The van der Waals surface area contributed by atoms with Gasteiger partial charge < -0.3 is 19.4 Å². The molecular formula is C29H23ClO6. The van der Waals surface area contributed by atoms with Crippen molar-refractivity contribution in [2.75, 3.05) is 0 Å². The van der Waals surface area contributed by atoms with Crippen LogP contribution in [0, 0.1) is 0 Å². The Balaban J connectivity index is 1.32. The lowest BCUT2D eigenvalue weighted by molar-refractivity contribution is -0.134. The number of furan rings is 1. The van der Waals surface area contributed by atoms with Gasteiger partial charge in [0.1, 0.15) is 5.76 Å². The first-order valence-corrected chi connectivity index (χ1v) is 11.6. The zero-order valence-corrected chi connectivity index (χ0v) is 19.9. The average molecular weight is 503 g/mol. The number of rotatable bonds is 9. The third-order valence-electron chi connectivity index (χ3n) is 5.51. The van der Waals surface area contributed by atoms with Crippen molar-refractivity contribution in [3.8, 4) is 22.6 Å². The minimum atomic E-state index is -0.569. The van der Waals surface area contributed by atoms with Crippen molar-refractivity contribution in [1.82, 2.24) is 0 Å². The van der Waals surface area contributed by atoms with E-state index < -0.39 is 23.3 Å². The molecule has 0 radical (unpaired) electrons. The fourth-order valence-corrected chi connectivity index (χ4v) is 3.75. The summed E-state index contributed by atoms with van der Waals surface area (Å²) in [5.41, 5.74) is 3.19. The van der Waals surface area contributed by atoms with E-state index in [1.807, 2.05) is 48.5 Å². The maximum atomic E-state index is 12.3. The number of phenolic OH excluding ortho intramolecular Hbond substituents is 1. The van der Waals surface area contributed by atoms with Gasteiger partial charge in [0.15, 0.2) is 17.3 Å². The summed E-state index contributed by atoms with van der Waals surface area (Å²) < 4.78 is 10.3. The zero-order valence-electron chi connectivity index (χ0n) is 19.2. The second-order valence-corrected chi connectivity index (χ2v) is 8.49. The molecule has 2 N–H and O–H groups in total. The molecule has 0 saturated heterocycles. The minimum absolute atomic E-state index is 0.0408. The summed E-state index contributed by atoms with van der Waals surface area (Å²) in [4.78, 5) is 24.4. The van der Waals surface area contributed by atoms with Gasteiger partial charge in [-0.05, 0) is 65.9 Å². The Morgan fingerprint density at radius 3 is 2.28 bits per heavy atom. The summed E-state index contributed by atoms with van der Waals surface area (Å²) >= 11 is 5.94. The van der Waals surface area contributed by atoms with Gasteiger partial charge in [0, 0.05) is 17.5 Å². The van der Waals surface area contributed by atoms with Crippen molar-refractivity contribution in [2.24, 2.45) is 0 Å². The molecule has 7 heteroatoms. The molecule has 1 aromatic heterocycles. The highest BCUT2D eigenvalue weighted by Gasteiger charge is 2.16. The molecule has 0 spiro atoms. The number of benzene rings is 3. The van der Waals surface area contributed by atoms with Gasteiger partial charge in [0.05, 0.1) is 11.8 Å². The number of hydrogen-bond donors (Lipinski definition) is 2. The second kappa shape index (κ2) is 11.4. The highest BCUT2D eigenvalue weighted by molar-refractivity contribution is 6.30. The van der Waals surface area contributed by atoms with Crippen LogP contribution < -0.4 is 4.74 Å². The summed E-state index contributed by atoms with van der Waals surface area (Å²) in [6, 6.07) is 23.0. The van der Waals surface area contributed by atoms with Gasteiger partial charge in [-0.2, -0.15) is 0 Å². The third kappa shape index (κ3) is 6.23. The zero-order chi connectivity index (χ0) is 25.5. The Morgan fingerprint density at radius 2 is 1.61 bits per heavy atom. The Morgan fingerprint density at radius 1 is 0.917 bits per heavy atom. The van der Waals surface area contributed by atoms with E-state index in [9.17, 15) is 19.8 Å². The molecule has 0 fully saturated rings. The highest BCUT2D eigenvalue weighted by Crippen LogP contribution is 2.34. The number of aromatic hydroxyl groups is 1. The van der Waals surface area contributed by atoms with E-state index in [-0.39, 0.29) is 23.5 Å². The van der Waals surface area contributed by atoms with Crippen molar-refractivity contribution >= 4 is 29.1 Å². The number of aliphatic hydroxyl groups excluding tert-OH is 1. The fourth-order valence-electron chi connectivity index (χ4n) is 3.62. The molecule has 4 aromatic rings. The highest BCUT2D eigenvalue weighted by atomic mass is 35.5. The molecule has 0 saturated carbocycles. The predicted molar refractivity (Wildman–Crippen MR) is 137 cm³/mol. The van der Waals surface area contributed by atoms with Crippen LogP contribution in [-0.4, -0.2) is 22.0 Å². The SMILES string of the molecule is O=C(CCCc1ccc(-c2ccc(Cl)cc2)cc1)Oc1cccc(C(O)=CC(=O)c2ccco2)c1O. The molecule has 0 aliphatic rings. The Kier molecular flexibility index (Phi) is 7.88. The lowest BCUT2D eigenvalue weighted by Gasteiger charge is -2.10. The molecule has 6 nitrogen and oxygen atoms in total. The van der Waals surface area contributed by atoms with E-state index in [0.717, 1.165) is 22.8 Å². The van der Waals surface area contributed by atoms with Crippen LogP contribution in [0.3, 0.4) is 0 Å². The molecule has 0 atom stereocenters. The van der Waals surface area contributed by atoms with Gasteiger partial charge in [0.2, 0.25) is 5.78 Å². The fraction of sp³-hybridized carbons (Fsp3) is 0.103. The molecule has 0 aliphatic heterocycles. The molecule has 0 bridgehead atoms. The number of allylic oxidation sites excluding steroid dienone is 1. The first kappa shape index (κ1) is 24.8. The van der Waals surface area contributed by atoms with Crippen LogP contribution in [0.2, 0.25) is 5.02 Å². The van der Waals surface area contributed by atoms with Crippen LogP contribution in [0.1, 0.15) is 34.5 Å². The van der Waals surface area contributed by atoms with Gasteiger partial charge in [0.25, 0.3) is 0 Å². The normalized spacial score (nSPS) is 11.3. The molecule has 182 valence electrons. The van der Waals surface area contributed by atoms with E-state index >= 15 is 0 Å². The summed E-state index contributed by atoms with van der Waals surface area (Å²) in [6.07, 6.45) is 3.65. The van der Waals surface area contributed by atoms with Crippen LogP contribution in [-0.2, 0) is 11.2 Å². The molecule has 36 heavy (non-hydrogen) atoms. The number of phenols is 1. The first-order chi connectivity index (χ1) is 17.4. The molecule has 3 aromatic carbocycles. The van der Waals surface area contributed by atoms with Crippen molar-refractivity contribution in [3.05, 3.63) is 113 Å². The number of para-hydroxylation sites is 1. The van der Waals surface area contributed by atoms with E-state index in [4.69, 9.17) is 20.8 Å². The smallest absolute Gasteiger partial charge is 0.311 e. The van der Waals surface area contributed by atoms with Crippen molar-refractivity contribution in [3.63, 3.8) is 0 Å². The van der Waals surface area contributed by atoms with E-state index in [0.29, 0.717) is 17.9 Å². The summed E-state index contributed by atoms with van der Waals surface area (Å²) in [5, 5.41) is 21.5. The lowest BCUT2D eigenvalue weighted by atomic mass is 10.0. The van der Waals surface area contributed by atoms with Crippen LogP contribution in [0.15, 0.2) is 95.6 Å². The number of carbonyl (C=O) groups excluding carboxylic acids is 2.